The van der Waals surface area contributed by atoms with Crippen LogP contribution in [0.5, 0.6) is 0 Å². The summed E-state index contributed by atoms with van der Waals surface area (Å²) in [5, 5.41) is 3.21. The third kappa shape index (κ3) is 3.46. The number of nitrogens with zero attached hydrogens (tertiary/aromatic N) is 2. The fourth-order valence-electron chi connectivity index (χ4n) is 2.35. The van der Waals surface area contributed by atoms with E-state index in [1.807, 2.05) is 17.0 Å². The molecule has 1 aromatic heterocycles. The lowest BCUT2D eigenvalue weighted by Gasteiger charge is -2.19. The van der Waals surface area contributed by atoms with Crippen LogP contribution in [0.4, 0.5) is 5.82 Å². The molecule has 1 aromatic rings. The molecule has 4 heteroatoms. The van der Waals surface area contributed by atoms with Gasteiger partial charge in [0.15, 0.2) is 0 Å². The average molecular weight is 261 g/mol. The standard InChI is InChI=1S/C15H23N3O/c1-4-9-16-13-7-5-6-12(17-13)14(19)18-10-8-15(2,3)11-18/h5-7H,4,8-11H2,1-3H3,(H,16,17). The van der Waals surface area contributed by atoms with Crippen molar-refractivity contribution in [1.29, 1.82) is 0 Å². The molecule has 0 atom stereocenters. The summed E-state index contributed by atoms with van der Waals surface area (Å²) in [7, 11) is 0. The molecule has 19 heavy (non-hydrogen) atoms. The Bertz CT molecular complexity index is 456. The molecule has 0 saturated carbocycles. The predicted molar refractivity (Wildman–Crippen MR) is 77.3 cm³/mol. The molecule has 104 valence electrons. The zero-order valence-corrected chi connectivity index (χ0v) is 12.1. The van der Waals surface area contributed by atoms with Crippen molar-refractivity contribution in [2.75, 3.05) is 25.0 Å². The summed E-state index contributed by atoms with van der Waals surface area (Å²) >= 11 is 0. The lowest BCUT2D eigenvalue weighted by Crippen LogP contribution is -2.31. The van der Waals surface area contributed by atoms with E-state index < -0.39 is 0 Å². The number of likely N-dealkylation sites (tertiary alicyclic amines) is 1. The minimum absolute atomic E-state index is 0.0470. The van der Waals surface area contributed by atoms with E-state index in [4.69, 9.17) is 0 Å². The van der Waals surface area contributed by atoms with Crippen LogP contribution in [0.2, 0.25) is 0 Å². The van der Waals surface area contributed by atoms with Crippen LogP contribution in [-0.4, -0.2) is 35.4 Å². The Morgan fingerprint density at radius 2 is 2.26 bits per heavy atom. The minimum atomic E-state index is 0.0470. The van der Waals surface area contributed by atoms with E-state index >= 15 is 0 Å². The SMILES string of the molecule is CCCNc1cccc(C(=O)N2CCC(C)(C)C2)n1. The molecule has 1 saturated heterocycles. The quantitative estimate of drug-likeness (QED) is 0.906. The van der Waals surface area contributed by atoms with Gasteiger partial charge in [-0.25, -0.2) is 4.98 Å². The molecule has 1 fully saturated rings. The highest BCUT2D eigenvalue weighted by atomic mass is 16.2. The molecule has 0 aromatic carbocycles. The van der Waals surface area contributed by atoms with Crippen molar-refractivity contribution in [3.63, 3.8) is 0 Å². The van der Waals surface area contributed by atoms with Crippen molar-refractivity contribution < 1.29 is 4.79 Å². The largest absolute Gasteiger partial charge is 0.370 e. The van der Waals surface area contributed by atoms with Crippen LogP contribution in [0.3, 0.4) is 0 Å². The van der Waals surface area contributed by atoms with Gasteiger partial charge in [-0.05, 0) is 30.4 Å². The van der Waals surface area contributed by atoms with Crippen LogP contribution in [0.25, 0.3) is 0 Å². The van der Waals surface area contributed by atoms with E-state index in [1.165, 1.54) is 0 Å². The molecule has 0 radical (unpaired) electrons. The van der Waals surface area contributed by atoms with E-state index in [9.17, 15) is 4.79 Å². The van der Waals surface area contributed by atoms with Gasteiger partial charge >= 0.3 is 0 Å². The van der Waals surface area contributed by atoms with E-state index in [1.54, 1.807) is 6.07 Å². The van der Waals surface area contributed by atoms with Crippen molar-refractivity contribution in [2.24, 2.45) is 5.41 Å². The van der Waals surface area contributed by atoms with Crippen LogP contribution in [-0.2, 0) is 0 Å². The molecular weight excluding hydrogens is 238 g/mol. The van der Waals surface area contributed by atoms with Crippen molar-refractivity contribution in [3.05, 3.63) is 23.9 Å². The Balaban J connectivity index is 2.07. The molecule has 0 spiro atoms. The van der Waals surface area contributed by atoms with Crippen molar-refractivity contribution >= 4 is 11.7 Å². The van der Waals surface area contributed by atoms with Gasteiger partial charge in [0, 0.05) is 19.6 Å². The van der Waals surface area contributed by atoms with Crippen molar-refractivity contribution in [3.8, 4) is 0 Å². The third-order valence-electron chi connectivity index (χ3n) is 3.49. The van der Waals surface area contributed by atoms with Gasteiger partial charge in [0.05, 0.1) is 0 Å². The first-order chi connectivity index (χ1) is 9.02. The maximum atomic E-state index is 12.4. The summed E-state index contributed by atoms with van der Waals surface area (Å²) in [6.45, 7) is 9.04. The van der Waals surface area contributed by atoms with Crippen molar-refractivity contribution in [1.82, 2.24) is 9.88 Å². The summed E-state index contributed by atoms with van der Waals surface area (Å²) in [6, 6.07) is 5.59. The van der Waals surface area contributed by atoms with Gasteiger partial charge in [0.1, 0.15) is 11.5 Å². The molecule has 2 rings (SSSR count). The number of carbonyl (C=O) groups is 1. The number of aromatic nitrogens is 1. The molecule has 1 aliphatic rings. The maximum Gasteiger partial charge on any atom is 0.272 e. The van der Waals surface area contributed by atoms with E-state index in [-0.39, 0.29) is 11.3 Å². The average Bonchev–Trinajstić information content (AvgIpc) is 2.76. The van der Waals surface area contributed by atoms with Crippen LogP contribution >= 0.6 is 0 Å². The van der Waals surface area contributed by atoms with Gasteiger partial charge in [-0.15, -0.1) is 0 Å². The molecular formula is C15H23N3O. The first kappa shape index (κ1) is 13.8. The second-order valence-corrected chi connectivity index (χ2v) is 5.98. The fourth-order valence-corrected chi connectivity index (χ4v) is 2.35. The van der Waals surface area contributed by atoms with Crippen LogP contribution < -0.4 is 5.32 Å². The molecule has 2 heterocycles. The van der Waals surface area contributed by atoms with Gasteiger partial charge in [-0.2, -0.15) is 0 Å². The molecule has 0 unspecified atom stereocenters. The summed E-state index contributed by atoms with van der Waals surface area (Å²) in [5.74, 6) is 0.830. The molecule has 0 bridgehead atoms. The highest BCUT2D eigenvalue weighted by Crippen LogP contribution is 2.29. The predicted octanol–water partition coefficient (Wildman–Crippen LogP) is 2.78. The Morgan fingerprint density at radius 3 is 2.89 bits per heavy atom. The zero-order chi connectivity index (χ0) is 13.9. The normalized spacial score (nSPS) is 17.5. The second kappa shape index (κ2) is 5.59. The molecule has 1 amide bonds. The van der Waals surface area contributed by atoms with Crippen LogP contribution in [0.1, 0.15) is 44.1 Å². The number of carbonyl (C=O) groups excluding carboxylic acids is 1. The van der Waals surface area contributed by atoms with Gasteiger partial charge in [-0.3, -0.25) is 4.79 Å². The number of nitrogens with one attached hydrogen (secondary N) is 1. The fraction of sp³-hybridized carbons (Fsp3) is 0.600. The smallest absolute Gasteiger partial charge is 0.272 e. The molecule has 1 aliphatic heterocycles. The van der Waals surface area contributed by atoms with Crippen LogP contribution in [0.15, 0.2) is 18.2 Å². The number of hydrogen-bond acceptors (Lipinski definition) is 3. The van der Waals surface area contributed by atoms with Gasteiger partial charge in [-0.1, -0.05) is 26.8 Å². The third-order valence-corrected chi connectivity index (χ3v) is 3.49. The number of amides is 1. The first-order valence-corrected chi connectivity index (χ1v) is 7.02. The number of anilines is 1. The lowest BCUT2D eigenvalue weighted by molar-refractivity contribution is 0.0772. The summed E-state index contributed by atoms with van der Waals surface area (Å²) in [5.41, 5.74) is 0.770. The second-order valence-electron chi connectivity index (χ2n) is 5.98. The number of rotatable bonds is 4. The van der Waals surface area contributed by atoms with Gasteiger partial charge in [0.2, 0.25) is 0 Å². The Hall–Kier alpha value is -1.58. The first-order valence-electron chi connectivity index (χ1n) is 7.02. The number of pyridine rings is 1. The zero-order valence-electron chi connectivity index (χ0n) is 12.1. The summed E-state index contributed by atoms with van der Waals surface area (Å²) < 4.78 is 0. The Morgan fingerprint density at radius 1 is 1.47 bits per heavy atom. The summed E-state index contributed by atoms with van der Waals surface area (Å²) in [4.78, 5) is 18.7. The molecule has 1 N–H and O–H groups in total. The monoisotopic (exact) mass is 261 g/mol. The topological polar surface area (TPSA) is 45.2 Å². The summed E-state index contributed by atoms with van der Waals surface area (Å²) in [6.07, 6.45) is 2.10. The van der Waals surface area contributed by atoms with E-state index in [0.29, 0.717) is 5.69 Å². The minimum Gasteiger partial charge on any atom is -0.370 e. The molecule has 0 aliphatic carbocycles. The van der Waals surface area contributed by atoms with Crippen LogP contribution in [0, 0.1) is 5.41 Å². The van der Waals surface area contributed by atoms with E-state index in [2.05, 4.69) is 31.1 Å². The Kier molecular flexibility index (Phi) is 4.08. The van der Waals surface area contributed by atoms with E-state index in [0.717, 1.165) is 38.3 Å². The Labute approximate surface area is 115 Å². The van der Waals surface area contributed by atoms with Crippen molar-refractivity contribution in [2.45, 2.75) is 33.6 Å². The highest BCUT2D eigenvalue weighted by Gasteiger charge is 2.32. The highest BCUT2D eigenvalue weighted by molar-refractivity contribution is 5.92. The van der Waals surface area contributed by atoms with Gasteiger partial charge in [0.25, 0.3) is 5.91 Å². The van der Waals surface area contributed by atoms with Gasteiger partial charge < -0.3 is 10.2 Å². The maximum absolute atomic E-state index is 12.4. The number of hydrogen-bond donors (Lipinski definition) is 1. The lowest BCUT2D eigenvalue weighted by atomic mass is 9.93. The molecule has 4 nitrogen and oxygen atoms in total.